The Morgan fingerprint density at radius 1 is 1.35 bits per heavy atom. The van der Waals surface area contributed by atoms with Gasteiger partial charge in [0.2, 0.25) is 5.91 Å². The highest BCUT2D eigenvalue weighted by Gasteiger charge is 2.43. The van der Waals surface area contributed by atoms with Crippen molar-refractivity contribution in [3.8, 4) is 0 Å². The van der Waals surface area contributed by atoms with E-state index in [0.29, 0.717) is 17.5 Å². The molecule has 2 atom stereocenters. The van der Waals surface area contributed by atoms with Crippen LogP contribution in [0.3, 0.4) is 0 Å². The third-order valence-electron chi connectivity index (χ3n) is 3.60. The van der Waals surface area contributed by atoms with Gasteiger partial charge in [-0.25, -0.2) is 0 Å². The monoisotopic (exact) mass is 273 g/mol. The fourth-order valence-electron chi connectivity index (χ4n) is 2.48. The van der Waals surface area contributed by atoms with E-state index in [1.165, 1.54) is 6.42 Å². The Kier molecular flexibility index (Phi) is 3.14. The Morgan fingerprint density at radius 2 is 2.10 bits per heavy atom. The van der Waals surface area contributed by atoms with E-state index >= 15 is 0 Å². The van der Waals surface area contributed by atoms with Crippen LogP contribution >= 0.6 is 0 Å². The first-order valence-electron chi connectivity index (χ1n) is 6.56. The summed E-state index contributed by atoms with van der Waals surface area (Å²) >= 11 is 0. The van der Waals surface area contributed by atoms with E-state index in [1.807, 2.05) is 12.1 Å². The molecule has 1 aliphatic carbocycles. The highest BCUT2D eigenvalue weighted by molar-refractivity contribution is 6.05. The molecule has 2 unspecified atom stereocenters. The standard InChI is InChI=1S/C14H15N3O3/c18-12(6-13(19)20)16-10-3-1-8(2-4-10)14-11-5-9(11)7-15-17-14/h1-4,9,11,15H,5-7H2,(H,16,18)(H,19,20). The number of hydrogen-bond acceptors (Lipinski definition) is 4. The van der Waals surface area contributed by atoms with Crippen molar-refractivity contribution in [2.45, 2.75) is 12.8 Å². The zero-order chi connectivity index (χ0) is 14.1. The summed E-state index contributed by atoms with van der Waals surface area (Å²) in [4.78, 5) is 21.8. The first kappa shape index (κ1) is 12.7. The van der Waals surface area contributed by atoms with Crippen molar-refractivity contribution >= 4 is 23.3 Å². The Bertz CT molecular complexity index is 580. The molecule has 0 aromatic heterocycles. The van der Waals surface area contributed by atoms with Crippen LogP contribution in [-0.4, -0.2) is 29.2 Å². The number of carbonyl (C=O) groups excluding carboxylic acids is 1. The van der Waals surface area contributed by atoms with E-state index in [2.05, 4.69) is 15.8 Å². The van der Waals surface area contributed by atoms with Crippen molar-refractivity contribution in [2.75, 3.05) is 11.9 Å². The molecule has 1 aromatic rings. The minimum atomic E-state index is -1.14. The predicted molar refractivity (Wildman–Crippen MR) is 73.5 cm³/mol. The molecule has 3 N–H and O–H groups in total. The number of hydrogen-bond donors (Lipinski definition) is 3. The van der Waals surface area contributed by atoms with Crippen LogP contribution < -0.4 is 10.7 Å². The van der Waals surface area contributed by atoms with Gasteiger partial charge in [-0.2, -0.15) is 5.10 Å². The quantitative estimate of drug-likeness (QED) is 0.715. The average molecular weight is 273 g/mol. The van der Waals surface area contributed by atoms with E-state index in [4.69, 9.17) is 5.11 Å². The number of aliphatic carboxylic acids is 1. The number of benzene rings is 1. The SMILES string of the molecule is O=C(O)CC(=O)Nc1ccc(C2=NNCC3CC23)cc1. The van der Waals surface area contributed by atoms with Crippen molar-refractivity contribution in [2.24, 2.45) is 16.9 Å². The number of nitrogens with zero attached hydrogens (tertiary/aromatic N) is 1. The number of rotatable bonds is 4. The Labute approximate surface area is 115 Å². The third kappa shape index (κ3) is 2.64. The molecule has 3 rings (SSSR count). The fourth-order valence-corrected chi connectivity index (χ4v) is 2.48. The van der Waals surface area contributed by atoms with Gasteiger partial charge in [0, 0.05) is 18.2 Å². The lowest BCUT2D eigenvalue weighted by Gasteiger charge is -2.13. The number of amides is 1. The normalized spacial score (nSPS) is 23.1. The van der Waals surface area contributed by atoms with Gasteiger partial charge in [0.1, 0.15) is 6.42 Å². The summed E-state index contributed by atoms with van der Waals surface area (Å²) in [6.45, 7) is 0.956. The van der Waals surface area contributed by atoms with E-state index in [9.17, 15) is 9.59 Å². The van der Waals surface area contributed by atoms with E-state index < -0.39 is 18.3 Å². The lowest BCUT2D eigenvalue weighted by atomic mass is 10.0. The van der Waals surface area contributed by atoms with E-state index in [1.54, 1.807) is 12.1 Å². The number of carbonyl (C=O) groups is 2. The van der Waals surface area contributed by atoms with Gasteiger partial charge in [0.05, 0.1) is 5.71 Å². The van der Waals surface area contributed by atoms with Crippen molar-refractivity contribution in [3.63, 3.8) is 0 Å². The summed E-state index contributed by atoms with van der Waals surface area (Å²) in [6.07, 6.45) is 0.658. The number of hydrazone groups is 1. The van der Waals surface area contributed by atoms with Gasteiger partial charge in [-0.1, -0.05) is 12.1 Å². The molecule has 1 fully saturated rings. The molecule has 0 spiro atoms. The molecule has 1 aromatic carbocycles. The third-order valence-corrected chi connectivity index (χ3v) is 3.60. The largest absolute Gasteiger partial charge is 0.481 e. The molecule has 0 radical (unpaired) electrons. The van der Waals surface area contributed by atoms with Crippen LogP contribution in [0.2, 0.25) is 0 Å². The summed E-state index contributed by atoms with van der Waals surface area (Å²) in [6, 6.07) is 7.34. The molecule has 1 saturated carbocycles. The van der Waals surface area contributed by atoms with Crippen LogP contribution in [-0.2, 0) is 9.59 Å². The molecule has 0 saturated heterocycles. The molecule has 1 aliphatic heterocycles. The molecule has 104 valence electrons. The Balaban J connectivity index is 1.67. The first-order valence-corrected chi connectivity index (χ1v) is 6.56. The smallest absolute Gasteiger partial charge is 0.312 e. The van der Waals surface area contributed by atoms with Crippen LogP contribution in [0.4, 0.5) is 5.69 Å². The highest BCUT2D eigenvalue weighted by Crippen LogP contribution is 2.42. The minimum absolute atomic E-state index is 0.524. The predicted octanol–water partition coefficient (Wildman–Crippen LogP) is 1.04. The molecule has 1 heterocycles. The van der Waals surface area contributed by atoms with E-state index in [0.717, 1.165) is 17.8 Å². The maximum atomic E-state index is 11.3. The number of carboxylic acid groups (broad SMARTS) is 1. The van der Waals surface area contributed by atoms with Crippen molar-refractivity contribution < 1.29 is 14.7 Å². The first-order chi connectivity index (χ1) is 9.63. The zero-order valence-electron chi connectivity index (χ0n) is 10.8. The molecule has 6 nitrogen and oxygen atoms in total. The Hall–Kier alpha value is -2.37. The molecular weight excluding hydrogens is 258 g/mol. The summed E-state index contributed by atoms with van der Waals surface area (Å²) in [5.74, 6) is -0.396. The van der Waals surface area contributed by atoms with Crippen LogP contribution in [0.25, 0.3) is 0 Å². The molecule has 20 heavy (non-hydrogen) atoms. The molecule has 6 heteroatoms. The number of carboxylic acids is 1. The van der Waals surface area contributed by atoms with Crippen LogP contribution in [0.15, 0.2) is 29.4 Å². The molecule has 1 amide bonds. The second-order valence-electron chi connectivity index (χ2n) is 5.16. The topological polar surface area (TPSA) is 90.8 Å². The minimum Gasteiger partial charge on any atom is -0.481 e. The molecule has 0 bridgehead atoms. The number of fused-ring (bicyclic) bond motifs is 1. The Morgan fingerprint density at radius 3 is 2.80 bits per heavy atom. The maximum Gasteiger partial charge on any atom is 0.312 e. The maximum absolute atomic E-state index is 11.3. The van der Waals surface area contributed by atoms with Crippen LogP contribution in [0.1, 0.15) is 18.4 Å². The van der Waals surface area contributed by atoms with Crippen LogP contribution in [0, 0.1) is 11.8 Å². The van der Waals surface area contributed by atoms with Gasteiger partial charge in [-0.3, -0.25) is 9.59 Å². The van der Waals surface area contributed by atoms with Crippen LogP contribution in [0.5, 0.6) is 0 Å². The second-order valence-corrected chi connectivity index (χ2v) is 5.16. The number of anilines is 1. The average Bonchev–Trinajstić information content (AvgIpc) is 3.17. The van der Waals surface area contributed by atoms with Crippen molar-refractivity contribution in [1.29, 1.82) is 0 Å². The summed E-state index contributed by atoms with van der Waals surface area (Å²) in [7, 11) is 0. The van der Waals surface area contributed by atoms with Gasteiger partial charge in [-0.05, 0) is 30.0 Å². The summed E-state index contributed by atoms with van der Waals surface area (Å²) < 4.78 is 0. The van der Waals surface area contributed by atoms with Gasteiger partial charge in [0.15, 0.2) is 0 Å². The highest BCUT2D eigenvalue weighted by atomic mass is 16.4. The lowest BCUT2D eigenvalue weighted by molar-refractivity contribution is -0.139. The van der Waals surface area contributed by atoms with Gasteiger partial charge >= 0.3 is 5.97 Å². The van der Waals surface area contributed by atoms with Gasteiger partial charge in [0.25, 0.3) is 0 Å². The molecule has 2 aliphatic rings. The summed E-state index contributed by atoms with van der Waals surface area (Å²) in [5, 5.41) is 15.4. The number of nitrogens with one attached hydrogen (secondary N) is 2. The fraction of sp³-hybridized carbons (Fsp3) is 0.357. The van der Waals surface area contributed by atoms with Crippen molar-refractivity contribution in [1.82, 2.24) is 5.43 Å². The molecular formula is C14H15N3O3. The van der Waals surface area contributed by atoms with Gasteiger partial charge < -0.3 is 15.8 Å². The second kappa shape index (κ2) is 4.96. The zero-order valence-corrected chi connectivity index (χ0v) is 10.8. The van der Waals surface area contributed by atoms with Crippen molar-refractivity contribution in [3.05, 3.63) is 29.8 Å². The lowest BCUT2D eigenvalue weighted by Crippen LogP contribution is -2.22. The van der Waals surface area contributed by atoms with E-state index in [-0.39, 0.29) is 0 Å². The van der Waals surface area contributed by atoms with Gasteiger partial charge in [-0.15, -0.1) is 0 Å². The summed E-state index contributed by atoms with van der Waals surface area (Å²) in [5.41, 5.74) is 5.76.